The Balaban J connectivity index is 2.99. The second kappa shape index (κ2) is 5.66. The van der Waals surface area contributed by atoms with E-state index >= 15 is 0 Å². The van der Waals surface area contributed by atoms with Gasteiger partial charge in [0.1, 0.15) is 5.82 Å². The van der Waals surface area contributed by atoms with Gasteiger partial charge in [0, 0.05) is 18.8 Å². The highest BCUT2D eigenvalue weighted by Gasteiger charge is 2.11. The van der Waals surface area contributed by atoms with Crippen molar-refractivity contribution in [2.45, 2.75) is 32.9 Å². The van der Waals surface area contributed by atoms with Crippen molar-refractivity contribution >= 4 is 5.82 Å². The van der Waals surface area contributed by atoms with Crippen molar-refractivity contribution in [3.63, 3.8) is 0 Å². The first-order valence-electron chi connectivity index (χ1n) is 5.57. The van der Waals surface area contributed by atoms with E-state index < -0.39 is 6.10 Å². The van der Waals surface area contributed by atoms with Gasteiger partial charge in [-0.15, -0.1) is 6.58 Å². The zero-order valence-corrected chi connectivity index (χ0v) is 10.2. The van der Waals surface area contributed by atoms with Gasteiger partial charge in [-0.2, -0.15) is 0 Å². The monoisotopic (exact) mass is 220 g/mol. The minimum absolute atomic E-state index is 0.356. The molecule has 0 fully saturated rings. The van der Waals surface area contributed by atoms with Gasteiger partial charge in [-0.25, -0.2) is 4.98 Å². The Labute approximate surface area is 97.4 Å². The van der Waals surface area contributed by atoms with Gasteiger partial charge in [-0.3, -0.25) is 0 Å². The average molecular weight is 220 g/mol. The molecule has 88 valence electrons. The van der Waals surface area contributed by atoms with Crippen molar-refractivity contribution in [2.75, 3.05) is 11.4 Å². The SMILES string of the molecule is C=CCN(c1cc(C(C)O)ccn1)C(C)C. The molecule has 0 aliphatic heterocycles. The first kappa shape index (κ1) is 12.7. The second-order valence-electron chi connectivity index (χ2n) is 4.16. The van der Waals surface area contributed by atoms with E-state index in [4.69, 9.17) is 0 Å². The highest BCUT2D eigenvalue weighted by atomic mass is 16.3. The Morgan fingerprint density at radius 3 is 2.69 bits per heavy atom. The van der Waals surface area contributed by atoms with Crippen LogP contribution in [0.1, 0.15) is 32.4 Å². The van der Waals surface area contributed by atoms with Gasteiger partial charge in [0.2, 0.25) is 0 Å². The standard InChI is InChI=1S/C13H20N2O/c1-5-8-15(10(2)3)13-9-12(11(4)16)6-7-14-13/h5-7,9-11,16H,1,8H2,2-4H3. The van der Waals surface area contributed by atoms with Crippen molar-refractivity contribution in [3.05, 3.63) is 36.5 Å². The lowest BCUT2D eigenvalue weighted by Gasteiger charge is -2.27. The Hall–Kier alpha value is -1.35. The Morgan fingerprint density at radius 1 is 1.50 bits per heavy atom. The molecule has 0 saturated heterocycles. The summed E-state index contributed by atoms with van der Waals surface area (Å²) in [4.78, 5) is 6.47. The molecule has 0 spiro atoms. The molecular weight excluding hydrogens is 200 g/mol. The average Bonchev–Trinajstić information content (AvgIpc) is 2.25. The number of hydrogen-bond acceptors (Lipinski definition) is 3. The lowest BCUT2D eigenvalue weighted by atomic mass is 10.1. The number of hydrogen-bond donors (Lipinski definition) is 1. The molecule has 1 heterocycles. The summed E-state index contributed by atoms with van der Waals surface area (Å²) in [5, 5.41) is 9.53. The summed E-state index contributed by atoms with van der Waals surface area (Å²) >= 11 is 0. The molecule has 0 radical (unpaired) electrons. The topological polar surface area (TPSA) is 36.4 Å². The van der Waals surface area contributed by atoms with Gasteiger partial charge in [-0.1, -0.05) is 6.08 Å². The molecule has 3 nitrogen and oxygen atoms in total. The van der Waals surface area contributed by atoms with Crippen LogP contribution in [0.15, 0.2) is 31.0 Å². The van der Waals surface area contributed by atoms with Crippen LogP contribution >= 0.6 is 0 Å². The molecule has 3 heteroatoms. The lowest BCUT2D eigenvalue weighted by molar-refractivity contribution is 0.199. The Kier molecular flexibility index (Phi) is 4.50. The zero-order chi connectivity index (χ0) is 12.1. The normalized spacial score (nSPS) is 12.6. The fourth-order valence-corrected chi connectivity index (χ4v) is 1.56. The van der Waals surface area contributed by atoms with E-state index in [1.807, 2.05) is 18.2 Å². The molecule has 1 rings (SSSR count). The molecule has 0 bridgehead atoms. The number of aliphatic hydroxyl groups is 1. The second-order valence-corrected chi connectivity index (χ2v) is 4.16. The molecule has 0 aliphatic carbocycles. The van der Waals surface area contributed by atoms with E-state index in [2.05, 4.69) is 30.3 Å². The van der Waals surface area contributed by atoms with E-state index in [-0.39, 0.29) is 0 Å². The molecule has 1 unspecified atom stereocenters. The predicted octanol–water partition coefficient (Wildman–Crippen LogP) is 2.54. The quantitative estimate of drug-likeness (QED) is 0.775. The summed E-state index contributed by atoms with van der Waals surface area (Å²) in [6, 6.07) is 4.11. The van der Waals surface area contributed by atoms with Crippen LogP contribution in [0.4, 0.5) is 5.82 Å². The van der Waals surface area contributed by atoms with Crippen molar-refractivity contribution in [3.8, 4) is 0 Å². The highest BCUT2D eigenvalue weighted by Crippen LogP contribution is 2.19. The summed E-state index contributed by atoms with van der Waals surface area (Å²) < 4.78 is 0. The molecule has 0 aromatic carbocycles. The van der Waals surface area contributed by atoms with Gasteiger partial charge in [-0.05, 0) is 38.5 Å². The largest absolute Gasteiger partial charge is 0.389 e. The maximum atomic E-state index is 9.53. The van der Waals surface area contributed by atoms with Crippen LogP contribution in [0.5, 0.6) is 0 Å². The molecule has 1 atom stereocenters. The van der Waals surface area contributed by atoms with Crippen molar-refractivity contribution in [1.29, 1.82) is 0 Å². The van der Waals surface area contributed by atoms with E-state index in [0.29, 0.717) is 6.04 Å². The molecule has 1 N–H and O–H groups in total. The van der Waals surface area contributed by atoms with Gasteiger partial charge >= 0.3 is 0 Å². The van der Waals surface area contributed by atoms with E-state index in [1.54, 1.807) is 13.1 Å². The first-order chi connectivity index (χ1) is 7.56. The van der Waals surface area contributed by atoms with Crippen LogP contribution in [0, 0.1) is 0 Å². The third kappa shape index (κ3) is 3.07. The van der Waals surface area contributed by atoms with Crippen molar-refractivity contribution in [2.24, 2.45) is 0 Å². The summed E-state index contributed by atoms with van der Waals surface area (Å²) in [5.74, 6) is 0.883. The van der Waals surface area contributed by atoms with E-state index in [0.717, 1.165) is 17.9 Å². The van der Waals surface area contributed by atoms with Crippen LogP contribution < -0.4 is 4.90 Å². The number of pyridine rings is 1. The zero-order valence-electron chi connectivity index (χ0n) is 10.2. The minimum Gasteiger partial charge on any atom is -0.389 e. The number of aliphatic hydroxyl groups excluding tert-OH is 1. The summed E-state index contributed by atoms with van der Waals surface area (Å²) in [5.41, 5.74) is 0.889. The first-order valence-corrected chi connectivity index (χ1v) is 5.57. The van der Waals surface area contributed by atoms with Crippen molar-refractivity contribution < 1.29 is 5.11 Å². The third-order valence-corrected chi connectivity index (χ3v) is 2.50. The van der Waals surface area contributed by atoms with Gasteiger partial charge in [0.05, 0.1) is 6.10 Å². The Bertz CT molecular complexity index is 348. The molecule has 0 amide bonds. The van der Waals surface area contributed by atoms with Crippen LogP contribution in [0.3, 0.4) is 0 Å². The molecule has 0 saturated carbocycles. The predicted molar refractivity (Wildman–Crippen MR) is 67.5 cm³/mol. The Morgan fingerprint density at radius 2 is 2.19 bits per heavy atom. The van der Waals surface area contributed by atoms with Gasteiger partial charge in [0.15, 0.2) is 0 Å². The van der Waals surface area contributed by atoms with Crippen LogP contribution in [-0.2, 0) is 0 Å². The molecule has 1 aromatic heterocycles. The molecular formula is C13H20N2O. The summed E-state index contributed by atoms with van der Waals surface area (Å²) in [7, 11) is 0. The van der Waals surface area contributed by atoms with E-state index in [9.17, 15) is 5.11 Å². The summed E-state index contributed by atoms with van der Waals surface area (Å²) in [6.07, 6.45) is 3.13. The van der Waals surface area contributed by atoms with Crippen LogP contribution in [0.2, 0.25) is 0 Å². The van der Waals surface area contributed by atoms with Gasteiger partial charge < -0.3 is 10.0 Å². The maximum absolute atomic E-state index is 9.53. The van der Waals surface area contributed by atoms with Crippen LogP contribution in [0.25, 0.3) is 0 Å². The third-order valence-electron chi connectivity index (χ3n) is 2.50. The summed E-state index contributed by atoms with van der Waals surface area (Å²) in [6.45, 7) is 10.5. The molecule has 0 aliphatic rings. The van der Waals surface area contributed by atoms with Gasteiger partial charge in [0.25, 0.3) is 0 Å². The molecule has 1 aromatic rings. The lowest BCUT2D eigenvalue weighted by Crippen LogP contribution is -2.31. The fraction of sp³-hybridized carbons (Fsp3) is 0.462. The number of rotatable bonds is 5. The van der Waals surface area contributed by atoms with Crippen molar-refractivity contribution in [1.82, 2.24) is 4.98 Å². The smallest absolute Gasteiger partial charge is 0.129 e. The minimum atomic E-state index is -0.459. The fourth-order valence-electron chi connectivity index (χ4n) is 1.56. The van der Waals surface area contributed by atoms with E-state index in [1.165, 1.54) is 0 Å². The maximum Gasteiger partial charge on any atom is 0.129 e. The number of aromatic nitrogens is 1. The van der Waals surface area contributed by atoms with Crippen LogP contribution in [-0.4, -0.2) is 22.7 Å². The molecule has 16 heavy (non-hydrogen) atoms. The number of anilines is 1. The highest BCUT2D eigenvalue weighted by molar-refractivity contribution is 5.43. The number of nitrogens with zero attached hydrogens (tertiary/aromatic N) is 2.